The number of carbonyl (C=O) groups is 1. The zero-order valence-corrected chi connectivity index (χ0v) is 19.3. The summed E-state index contributed by atoms with van der Waals surface area (Å²) in [6, 6.07) is 12.8. The maximum atomic E-state index is 12.7. The van der Waals surface area contributed by atoms with Crippen molar-refractivity contribution in [3.05, 3.63) is 59.1 Å². The fourth-order valence-electron chi connectivity index (χ4n) is 4.02. The Bertz CT molecular complexity index is 974. The van der Waals surface area contributed by atoms with Crippen LogP contribution >= 0.6 is 11.6 Å². The molecule has 168 valence electrons. The Kier molecular flexibility index (Phi) is 8.21. The van der Waals surface area contributed by atoms with Crippen LogP contribution in [0.25, 0.3) is 0 Å². The van der Waals surface area contributed by atoms with Crippen molar-refractivity contribution in [1.82, 2.24) is 10.6 Å². The van der Waals surface area contributed by atoms with Gasteiger partial charge < -0.3 is 10.6 Å². The summed E-state index contributed by atoms with van der Waals surface area (Å²) >= 11 is 5.85. The molecule has 1 unspecified atom stereocenters. The summed E-state index contributed by atoms with van der Waals surface area (Å²) in [6.07, 6.45) is 7.37. The fourth-order valence-corrected chi connectivity index (χ4v) is 5.25. The number of nitrogens with one attached hydrogen (secondary N) is 3. The van der Waals surface area contributed by atoms with Gasteiger partial charge in [0.15, 0.2) is 0 Å². The molecule has 1 fully saturated rings. The minimum Gasteiger partial charge on any atom is -0.336 e. The Morgan fingerprint density at radius 2 is 1.74 bits per heavy atom. The van der Waals surface area contributed by atoms with Gasteiger partial charge in [-0.3, -0.25) is 4.72 Å². The van der Waals surface area contributed by atoms with Crippen LogP contribution in [-0.4, -0.2) is 20.5 Å². The van der Waals surface area contributed by atoms with E-state index in [2.05, 4.69) is 15.4 Å². The van der Waals surface area contributed by atoms with E-state index in [4.69, 9.17) is 11.6 Å². The number of benzene rings is 2. The van der Waals surface area contributed by atoms with E-state index in [1.807, 2.05) is 6.92 Å². The zero-order valence-electron chi connectivity index (χ0n) is 17.7. The van der Waals surface area contributed by atoms with Gasteiger partial charge in [-0.25, -0.2) is 13.2 Å². The normalized spacial score (nSPS) is 15.8. The van der Waals surface area contributed by atoms with Crippen molar-refractivity contribution in [3.63, 3.8) is 0 Å². The molecule has 3 rings (SSSR count). The molecular formula is C23H30ClN3O3S. The third kappa shape index (κ3) is 7.14. The van der Waals surface area contributed by atoms with Gasteiger partial charge in [-0.05, 0) is 55.2 Å². The predicted molar refractivity (Wildman–Crippen MR) is 125 cm³/mol. The van der Waals surface area contributed by atoms with E-state index in [0.717, 1.165) is 6.42 Å². The predicted octanol–water partition coefficient (Wildman–Crippen LogP) is 5.30. The number of hydrogen-bond donors (Lipinski definition) is 3. The number of sulfonamides is 1. The smallest absolute Gasteiger partial charge is 0.315 e. The highest BCUT2D eigenvalue weighted by Gasteiger charge is 2.18. The molecule has 0 heterocycles. The number of rotatable bonds is 8. The first-order valence-corrected chi connectivity index (χ1v) is 12.6. The molecule has 0 saturated heterocycles. The molecule has 0 aromatic heterocycles. The maximum Gasteiger partial charge on any atom is 0.315 e. The summed E-state index contributed by atoms with van der Waals surface area (Å²) < 4.78 is 28.0. The maximum absolute atomic E-state index is 12.7. The summed E-state index contributed by atoms with van der Waals surface area (Å²) in [6.45, 7) is 2.24. The van der Waals surface area contributed by atoms with Gasteiger partial charge in [0, 0.05) is 17.6 Å². The zero-order chi connectivity index (χ0) is 22.3. The van der Waals surface area contributed by atoms with Crippen molar-refractivity contribution < 1.29 is 13.2 Å². The standard InChI is InChI=1S/C23H30ClN3O3S/c1-17(15-18-7-3-2-4-8-18)26-23(28)25-16-19-9-5-6-10-22(19)27-31(29,30)21-13-11-20(24)12-14-21/h5-6,9-14,17-18,27H,2-4,7-8,15-16H2,1H3,(H2,25,26,28). The van der Waals surface area contributed by atoms with Gasteiger partial charge in [-0.15, -0.1) is 0 Å². The number of carbonyl (C=O) groups excluding carboxylic acids is 1. The number of para-hydroxylation sites is 1. The molecule has 2 aromatic rings. The van der Waals surface area contributed by atoms with E-state index in [9.17, 15) is 13.2 Å². The van der Waals surface area contributed by atoms with Crippen LogP contribution in [0.2, 0.25) is 5.02 Å². The SMILES string of the molecule is CC(CC1CCCCC1)NC(=O)NCc1ccccc1NS(=O)(=O)c1ccc(Cl)cc1. The quantitative estimate of drug-likeness (QED) is 0.496. The lowest BCUT2D eigenvalue weighted by molar-refractivity contribution is 0.232. The summed E-state index contributed by atoms with van der Waals surface area (Å²) in [5, 5.41) is 6.30. The monoisotopic (exact) mass is 463 g/mol. The number of hydrogen-bond acceptors (Lipinski definition) is 3. The summed E-state index contributed by atoms with van der Waals surface area (Å²) in [7, 11) is -3.76. The van der Waals surface area contributed by atoms with Gasteiger partial charge in [0.1, 0.15) is 0 Å². The molecule has 0 aliphatic heterocycles. The van der Waals surface area contributed by atoms with Crippen molar-refractivity contribution >= 4 is 33.3 Å². The first kappa shape index (κ1) is 23.4. The minimum absolute atomic E-state index is 0.0988. The Morgan fingerprint density at radius 1 is 1.06 bits per heavy atom. The summed E-state index contributed by atoms with van der Waals surface area (Å²) in [5.74, 6) is 0.687. The number of urea groups is 1. The summed E-state index contributed by atoms with van der Waals surface area (Å²) in [4.78, 5) is 12.5. The van der Waals surface area contributed by atoms with Crippen molar-refractivity contribution in [3.8, 4) is 0 Å². The van der Waals surface area contributed by atoms with E-state index in [1.54, 1.807) is 24.3 Å². The first-order chi connectivity index (χ1) is 14.8. The topological polar surface area (TPSA) is 87.3 Å². The molecule has 8 heteroatoms. The third-order valence-electron chi connectivity index (χ3n) is 5.61. The van der Waals surface area contributed by atoms with Gasteiger partial charge in [0.05, 0.1) is 10.6 Å². The lowest BCUT2D eigenvalue weighted by Gasteiger charge is -2.25. The molecule has 3 N–H and O–H groups in total. The van der Waals surface area contributed by atoms with Crippen LogP contribution in [0.15, 0.2) is 53.4 Å². The van der Waals surface area contributed by atoms with Gasteiger partial charge >= 0.3 is 6.03 Å². The second kappa shape index (κ2) is 10.9. The number of anilines is 1. The van der Waals surface area contributed by atoms with Crippen LogP contribution in [-0.2, 0) is 16.6 Å². The highest BCUT2D eigenvalue weighted by atomic mass is 35.5. The van der Waals surface area contributed by atoms with Crippen molar-refractivity contribution in [2.45, 2.75) is 62.9 Å². The number of halogens is 1. The molecular weight excluding hydrogens is 434 g/mol. The van der Waals surface area contributed by atoms with Crippen molar-refractivity contribution in [2.75, 3.05) is 4.72 Å². The Labute approximate surface area is 189 Å². The lowest BCUT2D eigenvalue weighted by atomic mass is 9.85. The number of amides is 2. The second-order valence-electron chi connectivity index (χ2n) is 8.18. The molecule has 6 nitrogen and oxygen atoms in total. The largest absolute Gasteiger partial charge is 0.336 e. The second-order valence-corrected chi connectivity index (χ2v) is 10.3. The molecule has 1 aliphatic carbocycles. The van der Waals surface area contributed by atoms with Gasteiger partial charge in [-0.2, -0.15) is 0 Å². The van der Waals surface area contributed by atoms with Crippen LogP contribution in [0.1, 0.15) is 51.0 Å². The van der Waals surface area contributed by atoms with Crippen LogP contribution in [0.3, 0.4) is 0 Å². The molecule has 2 amide bonds. The molecule has 0 spiro atoms. The molecule has 1 aliphatic rings. The van der Waals surface area contributed by atoms with Gasteiger partial charge in [-0.1, -0.05) is 61.9 Å². The molecule has 1 atom stereocenters. The minimum atomic E-state index is -3.76. The highest BCUT2D eigenvalue weighted by molar-refractivity contribution is 7.92. The molecule has 0 radical (unpaired) electrons. The van der Waals surface area contributed by atoms with Gasteiger partial charge in [0.25, 0.3) is 10.0 Å². The average molecular weight is 464 g/mol. The van der Waals surface area contributed by atoms with Crippen LogP contribution in [0.4, 0.5) is 10.5 Å². The Morgan fingerprint density at radius 3 is 2.45 bits per heavy atom. The van der Waals surface area contributed by atoms with Crippen molar-refractivity contribution in [2.24, 2.45) is 5.92 Å². The van der Waals surface area contributed by atoms with E-state index < -0.39 is 10.0 Å². The fraction of sp³-hybridized carbons (Fsp3) is 0.435. The van der Waals surface area contributed by atoms with Crippen LogP contribution < -0.4 is 15.4 Å². The van der Waals surface area contributed by atoms with E-state index in [-0.39, 0.29) is 23.5 Å². The highest BCUT2D eigenvalue weighted by Crippen LogP contribution is 2.27. The van der Waals surface area contributed by atoms with E-state index in [0.29, 0.717) is 22.2 Å². The van der Waals surface area contributed by atoms with E-state index >= 15 is 0 Å². The summed E-state index contributed by atoms with van der Waals surface area (Å²) in [5.41, 5.74) is 1.10. The molecule has 0 bridgehead atoms. The average Bonchev–Trinajstić information content (AvgIpc) is 2.74. The first-order valence-electron chi connectivity index (χ1n) is 10.7. The van der Waals surface area contributed by atoms with Gasteiger partial charge in [0.2, 0.25) is 0 Å². The molecule has 2 aromatic carbocycles. The Hall–Kier alpha value is -2.25. The Balaban J connectivity index is 1.56. The molecule has 1 saturated carbocycles. The van der Waals surface area contributed by atoms with E-state index in [1.165, 1.54) is 56.4 Å². The van der Waals surface area contributed by atoms with Crippen LogP contribution in [0.5, 0.6) is 0 Å². The van der Waals surface area contributed by atoms with Crippen LogP contribution in [0, 0.1) is 5.92 Å². The van der Waals surface area contributed by atoms with Crippen molar-refractivity contribution in [1.29, 1.82) is 0 Å². The molecule has 31 heavy (non-hydrogen) atoms. The third-order valence-corrected chi connectivity index (χ3v) is 7.25. The lowest BCUT2D eigenvalue weighted by Crippen LogP contribution is -2.41.